The van der Waals surface area contributed by atoms with E-state index in [0.717, 1.165) is 51.2 Å². The van der Waals surface area contributed by atoms with Crippen LogP contribution >= 0.6 is 0 Å². The number of rotatable bonds is 7. The Labute approximate surface area is 148 Å². The molecule has 6 nitrogen and oxygen atoms in total. The lowest BCUT2D eigenvalue weighted by molar-refractivity contribution is -0.0136. The Morgan fingerprint density at radius 2 is 2.00 bits per heavy atom. The summed E-state index contributed by atoms with van der Waals surface area (Å²) in [6.07, 6.45) is 4.09. The highest BCUT2D eigenvalue weighted by Gasteiger charge is 2.17. The molecule has 2 rings (SSSR count). The number of hydrogen-bond donors (Lipinski definition) is 2. The average Bonchev–Trinajstić information content (AvgIpc) is 2.58. The Morgan fingerprint density at radius 1 is 1.21 bits per heavy atom. The van der Waals surface area contributed by atoms with Crippen molar-refractivity contribution in [2.45, 2.75) is 39.2 Å². The van der Waals surface area contributed by atoms with Gasteiger partial charge in [0.15, 0.2) is 5.96 Å². The van der Waals surface area contributed by atoms with Crippen LogP contribution in [0.4, 0.5) is 0 Å². The normalized spacial score (nSPS) is 25.0. The van der Waals surface area contributed by atoms with Crippen molar-refractivity contribution in [2.75, 3.05) is 66.0 Å². The summed E-state index contributed by atoms with van der Waals surface area (Å²) in [5.41, 5.74) is 0. The van der Waals surface area contributed by atoms with E-state index in [1.807, 2.05) is 0 Å². The lowest BCUT2D eigenvalue weighted by Crippen LogP contribution is -2.43. The molecule has 0 bridgehead atoms. The Balaban J connectivity index is 1.63. The maximum absolute atomic E-state index is 5.78. The highest BCUT2D eigenvalue weighted by Crippen LogP contribution is 2.15. The van der Waals surface area contributed by atoms with Crippen molar-refractivity contribution in [3.8, 4) is 0 Å². The number of ether oxygens (including phenoxy) is 1. The van der Waals surface area contributed by atoms with Gasteiger partial charge in [-0.15, -0.1) is 0 Å². The van der Waals surface area contributed by atoms with Gasteiger partial charge < -0.3 is 25.2 Å². The first-order valence-corrected chi connectivity index (χ1v) is 9.72. The van der Waals surface area contributed by atoms with Crippen molar-refractivity contribution >= 4 is 5.96 Å². The van der Waals surface area contributed by atoms with Crippen LogP contribution in [0.5, 0.6) is 0 Å². The highest BCUT2D eigenvalue weighted by atomic mass is 16.5. The number of hydrogen-bond acceptors (Lipinski definition) is 4. The van der Waals surface area contributed by atoms with Crippen LogP contribution in [0.1, 0.15) is 33.1 Å². The summed E-state index contributed by atoms with van der Waals surface area (Å²) in [5.74, 6) is 1.83. The van der Waals surface area contributed by atoms with Crippen LogP contribution in [0.2, 0.25) is 0 Å². The zero-order valence-electron chi connectivity index (χ0n) is 15.9. The van der Waals surface area contributed by atoms with Crippen molar-refractivity contribution in [3.63, 3.8) is 0 Å². The number of aliphatic imine (C=N–C) groups is 1. The van der Waals surface area contributed by atoms with Gasteiger partial charge in [-0.1, -0.05) is 6.92 Å². The first-order chi connectivity index (χ1) is 11.7. The van der Waals surface area contributed by atoms with Gasteiger partial charge in [-0.2, -0.15) is 0 Å². The summed E-state index contributed by atoms with van der Waals surface area (Å²) in [6, 6.07) is 0. The smallest absolute Gasteiger partial charge is 0.191 e. The number of guanidine groups is 1. The quantitative estimate of drug-likeness (QED) is 0.412. The third-order valence-corrected chi connectivity index (χ3v) is 4.96. The maximum Gasteiger partial charge on any atom is 0.191 e. The minimum absolute atomic E-state index is 0.217. The van der Waals surface area contributed by atoms with Gasteiger partial charge in [-0.25, -0.2) is 0 Å². The molecule has 1 atom stereocenters. The van der Waals surface area contributed by atoms with Gasteiger partial charge in [0, 0.05) is 26.2 Å². The Kier molecular flexibility index (Phi) is 8.84. The fourth-order valence-corrected chi connectivity index (χ4v) is 3.31. The van der Waals surface area contributed by atoms with Crippen molar-refractivity contribution in [1.82, 2.24) is 20.4 Å². The molecule has 24 heavy (non-hydrogen) atoms. The van der Waals surface area contributed by atoms with Crippen molar-refractivity contribution < 1.29 is 4.74 Å². The Morgan fingerprint density at radius 3 is 2.71 bits per heavy atom. The van der Waals surface area contributed by atoms with E-state index in [9.17, 15) is 0 Å². The molecule has 0 amide bonds. The lowest BCUT2D eigenvalue weighted by atomic mass is 9.99. The second kappa shape index (κ2) is 10.9. The molecule has 0 saturated carbocycles. The van der Waals surface area contributed by atoms with Gasteiger partial charge in [-0.05, 0) is 58.8 Å². The monoisotopic (exact) mass is 339 g/mol. The first kappa shape index (κ1) is 19.5. The third-order valence-electron chi connectivity index (χ3n) is 4.96. The van der Waals surface area contributed by atoms with Gasteiger partial charge in [0.05, 0.1) is 19.3 Å². The average molecular weight is 340 g/mol. The number of nitrogens with one attached hydrogen (secondary N) is 2. The van der Waals surface area contributed by atoms with Gasteiger partial charge in [-0.3, -0.25) is 4.99 Å². The van der Waals surface area contributed by atoms with Crippen LogP contribution in [0.15, 0.2) is 4.99 Å². The molecule has 0 spiro atoms. The molecule has 2 fully saturated rings. The van der Waals surface area contributed by atoms with E-state index in [2.05, 4.69) is 41.3 Å². The van der Waals surface area contributed by atoms with Gasteiger partial charge in [0.25, 0.3) is 0 Å². The molecule has 2 heterocycles. The van der Waals surface area contributed by atoms with Crippen LogP contribution in [-0.2, 0) is 4.74 Å². The van der Waals surface area contributed by atoms with E-state index >= 15 is 0 Å². The summed E-state index contributed by atoms with van der Waals surface area (Å²) in [5, 5.41) is 6.80. The van der Waals surface area contributed by atoms with Crippen LogP contribution < -0.4 is 10.6 Å². The number of piperidine rings is 1. The SMILES string of the molecule is CCNC(=NCC1CN(C)CCO1)NCCCN1CCC(C)CC1. The Hall–Kier alpha value is -0.850. The molecular formula is C18H37N5O. The van der Waals surface area contributed by atoms with Crippen LogP contribution in [0.25, 0.3) is 0 Å². The molecule has 2 N–H and O–H groups in total. The van der Waals surface area contributed by atoms with E-state index in [1.54, 1.807) is 0 Å². The molecule has 2 aliphatic rings. The number of likely N-dealkylation sites (N-methyl/N-ethyl adjacent to an activating group) is 1. The zero-order valence-corrected chi connectivity index (χ0v) is 15.9. The van der Waals surface area contributed by atoms with Gasteiger partial charge in [0.2, 0.25) is 0 Å². The van der Waals surface area contributed by atoms with E-state index in [0.29, 0.717) is 0 Å². The maximum atomic E-state index is 5.78. The zero-order chi connectivity index (χ0) is 17.2. The van der Waals surface area contributed by atoms with Crippen LogP contribution in [0.3, 0.4) is 0 Å². The molecule has 140 valence electrons. The molecule has 1 unspecified atom stereocenters. The van der Waals surface area contributed by atoms with Crippen molar-refractivity contribution in [3.05, 3.63) is 0 Å². The van der Waals surface area contributed by atoms with Crippen LogP contribution in [-0.4, -0.2) is 87.9 Å². The molecule has 2 aliphatic heterocycles. The minimum atomic E-state index is 0.217. The van der Waals surface area contributed by atoms with E-state index < -0.39 is 0 Å². The summed E-state index contributed by atoms with van der Waals surface area (Å²) < 4.78 is 5.78. The standard InChI is InChI=1S/C18H37N5O/c1-4-19-18(21-14-17-15-22(3)12-13-24-17)20-8-5-9-23-10-6-16(2)7-11-23/h16-17H,4-15H2,1-3H3,(H2,19,20,21). The molecule has 0 aromatic heterocycles. The minimum Gasteiger partial charge on any atom is -0.374 e. The lowest BCUT2D eigenvalue weighted by Gasteiger charge is -2.30. The third kappa shape index (κ3) is 7.36. The van der Waals surface area contributed by atoms with Gasteiger partial charge >= 0.3 is 0 Å². The highest BCUT2D eigenvalue weighted by molar-refractivity contribution is 5.79. The summed E-state index contributed by atoms with van der Waals surface area (Å²) in [6.45, 7) is 13.6. The van der Waals surface area contributed by atoms with Crippen molar-refractivity contribution in [1.29, 1.82) is 0 Å². The first-order valence-electron chi connectivity index (χ1n) is 9.72. The predicted octanol–water partition coefficient (Wildman–Crippen LogP) is 0.994. The largest absolute Gasteiger partial charge is 0.374 e. The second-order valence-electron chi connectivity index (χ2n) is 7.28. The van der Waals surface area contributed by atoms with E-state index in [1.165, 1.54) is 38.9 Å². The molecule has 6 heteroatoms. The number of morpholine rings is 1. The molecule has 0 aromatic carbocycles. The Bertz CT molecular complexity index is 368. The molecule has 0 radical (unpaired) electrons. The molecule has 0 aliphatic carbocycles. The molecule has 0 aromatic rings. The van der Waals surface area contributed by atoms with Crippen molar-refractivity contribution in [2.24, 2.45) is 10.9 Å². The predicted molar refractivity (Wildman–Crippen MR) is 101 cm³/mol. The summed E-state index contributed by atoms with van der Waals surface area (Å²) >= 11 is 0. The van der Waals surface area contributed by atoms with Gasteiger partial charge in [0.1, 0.15) is 0 Å². The number of nitrogens with zero attached hydrogens (tertiary/aromatic N) is 3. The molecule has 2 saturated heterocycles. The molecular weight excluding hydrogens is 302 g/mol. The van der Waals surface area contributed by atoms with Crippen LogP contribution in [0, 0.1) is 5.92 Å². The second-order valence-corrected chi connectivity index (χ2v) is 7.28. The topological polar surface area (TPSA) is 52.1 Å². The summed E-state index contributed by atoms with van der Waals surface area (Å²) in [7, 11) is 2.14. The van der Waals surface area contributed by atoms with E-state index in [-0.39, 0.29) is 6.10 Å². The number of likely N-dealkylation sites (tertiary alicyclic amines) is 1. The fraction of sp³-hybridized carbons (Fsp3) is 0.944. The fourth-order valence-electron chi connectivity index (χ4n) is 3.31. The summed E-state index contributed by atoms with van der Waals surface area (Å²) in [4.78, 5) is 9.60. The van der Waals surface area contributed by atoms with E-state index in [4.69, 9.17) is 9.73 Å².